The van der Waals surface area contributed by atoms with Gasteiger partial charge in [0, 0.05) is 13.1 Å². The third-order valence-electron chi connectivity index (χ3n) is 2.44. The van der Waals surface area contributed by atoms with Crippen LogP contribution in [0.15, 0.2) is 0 Å². The fourth-order valence-corrected chi connectivity index (χ4v) is 1.70. The third kappa shape index (κ3) is 4.43. The summed E-state index contributed by atoms with van der Waals surface area (Å²) in [6.07, 6.45) is -2.17. The molecule has 0 bridgehead atoms. The van der Waals surface area contributed by atoms with Gasteiger partial charge in [-0.3, -0.25) is 9.59 Å². The van der Waals surface area contributed by atoms with Gasteiger partial charge in [-0.25, -0.2) is 0 Å². The van der Waals surface area contributed by atoms with E-state index in [0.29, 0.717) is 0 Å². The maximum absolute atomic E-state index is 11.8. The molecule has 0 aliphatic carbocycles. The van der Waals surface area contributed by atoms with Crippen LogP contribution in [0.25, 0.3) is 0 Å². The number of carbonyl (C=O) groups is 2. The van der Waals surface area contributed by atoms with E-state index in [9.17, 15) is 9.59 Å². The minimum absolute atomic E-state index is 0.0735. The topological polar surface area (TPSA) is 117 Å². The number of nitrogens with one attached hydrogen (secondary N) is 2. The first kappa shape index (κ1) is 15.8. The first-order valence-corrected chi connectivity index (χ1v) is 6.04. The maximum atomic E-state index is 11.8. The molecule has 4 N–H and O–H groups in total. The van der Waals surface area contributed by atoms with E-state index in [1.807, 2.05) is 0 Å². The zero-order valence-electron chi connectivity index (χ0n) is 11.0. The zero-order chi connectivity index (χ0) is 14.5. The SMILES string of the molecule is CC1(C)O[C@@H](C(=O)NCCO)[C@H](C(=O)NCCO)O1. The van der Waals surface area contributed by atoms with Gasteiger partial charge in [-0.1, -0.05) is 0 Å². The van der Waals surface area contributed by atoms with E-state index >= 15 is 0 Å². The Bertz CT molecular complexity index is 303. The molecule has 0 radical (unpaired) electrons. The van der Waals surface area contributed by atoms with Crippen molar-refractivity contribution in [1.82, 2.24) is 10.6 Å². The van der Waals surface area contributed by atoms with E-state index in [1.165, 1.54) is 0 Å². The Kier molecular flexibility index (Phi) is 5.67. The summed E-state index contributed by atoms with van der Waals surface area (Å²) in [5.41, 5.74) is 0. The van der Waals surface area contributed by atoms with E-state index in [-0.39, 0.29) is 26.3 Å². The number of carbonyl (C=O) groups excluding carboxylic acids is 2. The summed E-state index contributed by atoms with van der Waals surface area (Å²) in [6, 6.07) is 0. The van der Waals surface area contributed by atoms with Crippen LogP contribution in [-0.4, -0.2) is 66.3 Å². The van der Waals surface area contributed by atoms with Crippen LogP contribution in [-0.2, 0) is 19.1 Å². The van der Waals surface area contributed by atoms with Crippen LogP contribution in [0.4, 0.5) is 0 Å². The van der Waals surface area contributed by atoms with Crippen molar-refractivity contribution in [1.29, 1.82) is 0 Å². The fraction of sp³-hybridized carbons (Fsp3) is 0.818. The molecule has 1 aliphatic rings. The molecule has 0 saturated carbocycles. The van der Waals surface area contributed by atoms with Crippen LogP contribution in [0.1, 0.15) is 13.8 Å². The molecular weight excluding hydrogens is 256 g/mol. The van der Waals surface area contributed by atoms with Crippen molar-refractivity contribution in [2.45, 2.75) is 31.8 Å². The second-order valence-electron chi connectivity index (χ2n) is 4.51. The molecule has 0 aromatic rings. The molecule has 0 aromatic heterocycles. The van der Waals surface area contributed by atoms with Crippen LogP contribution in [0, 0.1) is 0 Å². The molecule has 0 aromatic carbocycles. The summed E-state index contributed by atoms with van der Waals surface area (Å²) in [6.45, 7) is 2.93. The molecule has 8 heteroatoms. The van der Waals surface area contributed by atoms with Crippen LogP contribution in [0.2, 0.25) is 0 Å². The van der Waals surface area contributed by atoms with E-state index in [0.717, 1.165) is 0 Å². The molecule has 8 nitrogen and oxygen atoms in total. The summed E-state index contributed by atoms with van der Waals surface area (Å²) in [4.78, 5) is 23.6. The van der Waals surface area contributed by atoms with Gasteiger partial charge in [-0.05, 0) is 13.8 Å². The number of ether oxygens (including phenoxy) is 2. The van der Waals surface area contributed by atoms with E-state index in [4.69, 9.17) is 19.7 Å². The first-order valence-electron chi connectivity index (χ1n) is 6.04. The molecule has 1 fully saturated rings. The second kappa shape index (κ2) is 6.80. The van der Waals surface area contributed by atoms with E-state index in [1.54, 1.807) is 13.8 Å². The fourth-order valence-electron chi connectivity index (χ4n) is 1.70. The summed E-state index contributed by atoms with van der Waals surface area (Å²) in [5.74, 6) is -2.10. The lowest BCUT2D eigenvalue weighted by atomic mass is 10.2. The van der Waals surface area contributed by atoms with Crippen molar-refractivity contribution >= 4 is 11.8 Å². The molecule has 2 atom stereocenters. The van der Waals surface area contributed by atoms with Gasteiger partial charge in [0.2, 0.25) is 0 Å². The molecule has 19 heavy (non-hydrogen) atoms. The molecule has 1 heterocycles. The normalized spacial score (nSPS) is 25.1. The lowest BCUT2D eigenvalue weighted by Gasteiger charge is -2.16. The highest BCUT2D eigenvalue weighted by molar-refractivity contribution is 5.91. The van der Waals surface area contributed by atoms with Crippen molar-refractivity contribution in [2.24, 2.45) is 0 Å². The Hall–Kier alpha value is -1.22. The molecule has 2 amide bonds. The average molecular weight is 276 g/mol. The molecule has 1 rings (SSSR count). The van der Waals surface area contributed by atoms with E-state index < -0.39 is 29.8 Å². The minimum Gasteiger partial charge on any atom is -0.395 e. The summed E-state index contributed by atoms with van der Waals surface area (Å²) >= 11 is 0. The Morgan fingerprint density at radius 1 is 1.00 bits per heavy atom. The Morgan fingerprint density at radius 2 is 1.37 bits per heavy atom. The summed E-state index contributed by atoms with van der Waals surface area (Å²) < 4.78 is 10.8. The third-order valence-corrected chi connectivity index (χ3v) is 2.44. The number of aliphatic hydroxyl groups excluding tert-OH is 2. The number of hydrogen-bond acceptors (Lipinski definition) is 6. The van der Waals surface area contributed by atoms with Gasteiger partial charge in [-0.15, -0.1) is 0 Å². The Balaban J connectivity index is 2.69. The highest BCUT2D eigenvalue weighted by atomic mass is 16.8. The van der Waals surface area contributed by atoms with Gasteiger partial charge in [0.25, 0.3) is 11.8 Å². The lowest BCUT2D eigenvalue weighted by molar-refractivity contribution is -0.159. The van der Waals surface area contributed by atoms with E-state index in [2.05, 4.69) is 10.6 Å². The van der Waals surface area contributed by atoms with Crippen molar-refractivity contribution < 1.29 is 29.3 Å². The van der Waals surface area contributed by atoms with Crippen LogP contribution in [0.5, 0.6) is 0 Å². The average Bonchev–Trinajstić information content (AvgIpc) is 2.69. The smallest absolute Gasteiger partial charge is 0.252 e. The van der Waals surface area contributed by atoms with Gasteiger partial charge in [0.15, 0.2) is 18.0 Å². The van der Waals surface area contributed by atoms with Gasteiger partial charge in [0.1, 0.15) is 0 Å². The predicted molar refractivity (Wildman–Crippen MR) is 64.0 cm³/mol. The molecular formula is C11H20N2O6. The monoisotopic (exact) mass is 276 g/mol. The van der Waals surface area contributed by atoms with Crippen LogP contribution in [0.3, 0.4) is 0 Å². The molecule has 0 unspecified atom stereocenters. The first-order chi connectivity index (χ1) is 8.91. The van der Waals surface area contributed by atoms with Gasteiger partial charge >= 0.3 is 0 Å². The summed E-state index contributed by atoms with van der Waals surface area (Å²) in [7, 11) is 0. The molecule has 1 saturated heterocycles. The number of rotatable bonds is 6. The van der Waals surface area contributed by atoms with Crippen LogP contribution >= 0.6 is 0 Å². The number of amides is 2. The summed E-state index contributed by atoms with van der Waals surface area (Å²) in [5, 5.41) is 22.2. The quantitative estimate of drug-likeness (QED) is 0.434. The standard InChI is InChI=1S/C11H20N2O6/c1-11(2)18-7(9(16)12-3-5-14)8(19-11)10(17)13-4-6-15/h7-8,14-15H,3-6H2,1-2H3,(H,12,16)(H,13,17)/t7-,8-/m1/s1. The zero-order valence-corrected chi connectivity index (χ0v) is 11.0. The molecule has 0 spiro atoms. The van der Waals surface area contributed by atoms with Crippen molar-refractivity contribution in [3.05, 3.63) is 0 Å². The highest BCUT2D eigenvalue weighted by Gasteiger charge is 2.48. The second-order valence-corrected chi connectivity index (χ2v) is 4.51. The Labute approximate surface area is 111 Å². The maximum Gasteiger partial charge on any atom is 0.252 e. The Morgan fingerprint density at radius 3 is 1.68 bits per heavy atom. The van der Waals surface area contributed by atoms with Crippen molar-refractivity contribution in [2.75, 3.05) is 26.3 Å². The number of aliphatic hydroxyl groups is 2. The van der Waals surface area contributed by atoms with Crippen LogP contribution < -0.4 is 10.6 Å². The van der Waals surface area contributed by atoms with Crippen molar-refractivity contribution in [3.63, 3.8) is 0 Å². The number of hydrogen-bond donors (Lipinski definition) is 4. The minimum atomic E-state index is -1.08. The van der Waals surface area contributed by atoms with Gasteiger partial charge < -0.3 is 30.3 Å². The van der Waals surface area contributed by atoms with Gasteiger partial charge in [0.05, 0.1) is 13.2 Å². The molecule has 1 aliphatic heterocycles. The molecule has 110 valence electrons. The van der Waals surface area contributed by atoms with Gasteiger partial charge in [-0.2, -0.15) is 0 Å². The largest absolute Gasteiger partial charge is 0.395 e. The van der Waals surface area contributed by atoms with Crippen molar-refractivity contribution in [3.8, 4) is 0 Å². The lowest BCUT2D eigenvalue weighted by Crippen LogP contribution is -2.48. The highest BCUT2D eigenvalue weighted by Crippen LogP contribution is 2.28. The predicted octanol–water partition coefficient (Wildman–Crippen LogP) is -2.28.